The van der Waals surface area contributed by atoms with Gasteiger partial charge in [-0.15, -0.1) is 0 Å². The largest absolute Gasteiger partial charge is 0.490 e. The Morgan fingerprint density at radius 3 is 2.19 bits per heavy atom. The molecule has 2 fully saturated rings. The molecule has 2 aliphatic carbocycles. The molecular weight excluding hydrogens is 273 g/mol. The number of allylic oxidation sites excluding steroid dienone is 4. The predicted octanol–water partition coefficient (Wildman–Crippen LogP) is 4.17. The zero-order valence-electron chi connectivity index (χ0n) is 13.2. The summed E-state index contributed by atoms with van der Waals surface area (Å²) in [7, 11) is -0.513. The molecule has 0 aromatic carbocycles. The van der Waals surface area contributed by atoms with E-state index in [0.717, 1.165) is 5.47 Å². The summed E-state index contributed by atoms with van der Waals surface area (Å²) in [6.07, 6.45) is 5.39. The number of rotatable bonds is 3. The van der Waals surface area contributed by atoms with Crippen LogP contribution in [0.25, 0.3) is 0 Å². The molecule has 2 nitrogen and oxygen atoms in total. The smallest absolute Gasteiger partial charge is 0.400 e. The Bertz CT molecular complexity index is 477. The molecule has 0 spiro atoms. The highest BCUT2D eigenvalue weighted by atomic mass is 19.3. The zero-order chi connectivity index (χ0) is 15.5. The minimum Gasteiger partial charge on any atom is -0.400 e. The average molecular weight is 296 g/mol. The second-order valence-corrected chi connectivity index (χ2v) is 7.51. The lowest BCUT2D eigenvalue weighted by atomic mass is 9.63. The number of hydrogen-bond donors (Lipinski definition) is 0. The summed E-state index contributed by atoms with van der Waals surface area (Å²) in [6, 6.07) is 0. The van der Waals surface area contributed by atoms with Gasteiger partial charge in [-0.25, -0.2) is 8.78 Å². The van der Waals surface area contributed by atoms with Gasteiger partial charge < -0.3 is 9.31 Å². The molecule has 3 rings (SSSR count). The summed E-state index contributed by atoms with van der Waals surface area (Å²) in [5.74, 6) is -0.169. The number of halogens is 2. The maximum Gasteiger partial charge on any atom is 0.490 e. The van der Waals surface area contributed by atoms with Crippen molar-refractivity contribution >= 4 is 7.12 Å². The van der Waals surface area contributed by atoms with Gasteiger partial charge in [0.05, 0.1) is 11.2 Å². The van der Waals surface area contributed by atoms with E-state index >= 15 is 0 Å². The molecule has 5 heteroatoms. The summed E-state index contributed by atoms with van der Waals surface area (Å²) in [6.45, 7) is 7.95. The van der Waals surface area contributed by atoms with Gasteiger partial charge in [-0.05, 0) is 58.3 Å². The van der Waals surface area contributed by atoms with Gasteiger partial charge in [-0.3, -0.25) is 0 Å². The van der Waals surface area contributed by atoms with Crippen LogP contribution in [0.15, 0.2) is 23.7 Å². The molecule has 1 heterocycles. The lowest BCUT2D eigenvalue weighted by molar-refractivity contribution is 0.00578. The Hall–Kier alpha value is -0.675. The van der Waals surface area contributed by atoms with E-state index < -0.39 is 30.2 Å². The summed E-state index contributed by atoms with van der Waals surface area (Å²) in [5.41, 5.74) is -0.855. The zero-order valence-corrected chi connectivity index (χ0v) is 13.2. The van der Waals surface area contributed by atoms with E-state index in [-0.39, 0.29) is 5.92 Å². The highest BCUT2D eigenvalue weighted by molar-refractivity contribution is 6.55. The third-order valence-corrected chi connectivity index (χ3v) is 5.68. The molecule has 1 saturated heterocycles. The van der Waals surface area contributed by atoms with Crippen LogP contribution in [0.1, 0.15) is 47.0 Å². The third kappa shape index (κ3) is 2.29. The van der Waals surface area contributed by atoms with Crippen molar-refractivity contribution in [3.8, 4) is 0 Å². The van der Waals surface area contributed by atoms with Gasteiger partial charge >= 0.3 is 7.12 Å². The second kappa shape index (κ2) is 4.66. The van der Waals surface area contributed by atoms with Crippen molar-refractivity contribution in [2.75, 3.05) is 0 Å². The van der Waals surface area contributed by atoms with Crippen LogP contribution >= 0.6 is 0 Å². The van der Waals surface area contributed by atoms with Gasteiger partial charge in [0.25, 0.3) is 0 Å². The van der Waals surface area contributed by atoms with Gasteiger partial charge in [-0.2, -0.15) is 0 Å². The normalized spacial score (nSPS) is 32.4. The van der Waals surface area contributed by atoms with Crippen LogP contribution in [0, 0.1) is 11.3 Å². The molecule has 1 aliphatic heterocycles. The first-order valence-electron chi connectivity index (χ1n) is 7.70. The van der Waals surface area contributed by atoms with Crippen molar-refractivity contribution < 1.29 is 18.1 Å². The van der Waals surface area contributed by atoms with E-state index in [9.17, 15) is 8.78 Å². The fourth-order valence-corrected chi connectivity index (χ4v) is 3.30. The molecule has 0 amide bonds. The molecule has 0 bridgehead atoms. The van der Waals surface area contributed by atoms with E-state index in [0.29, 0.717) is 19.3 Å². The van der Waals surface area contributed by atoms with Crippen molar-refractivity contribution in [3.05, 3.63) is 23.7 Å². The Morgan fingerprint density at radius 1 is 1.14 bits per heavy atom. The molecule has 0 N–H and O–H groups in total. The van der Waals surface area contributed by atoms with Crippen LogP contribution in [0.5, 0.6) is 0 Å². The van der Waals surface area contributed by atoms with Gasteiger partial charge in [-0.1, -0.05) is 18.2 Å². The van der Waals surface area contributed by atoms with E-state index in [1.165, 1.54) is 0 Å². The van der Waals surface area contributed by atoms with Crippen LogP contribution < -0.4 is 0 Å². The second-order valence-electron chi connectivity index (χ2n) is 7.51. The van der Waals surface area contributed by atoms with Crippen molar-refractivity contribution in [2.24, 2.45) is 11.3 Å². The first-order chi connectivity index (χ1) is 9.70. The fourth-order valence-electron chi connectivity index (χ4n) is 3.30. The molecular formula is C16H23BF2O2. The van der Waals surface area contributed by atoms with Gasteiger partial charge in [0, 0.05) is 5.41 Å². The molecule has 0 aromatic rings. The van der Waals surface area contributed by atoms with Crippen LogP contribution in [0.2, 0.25) is 0 Å². The minimum atomic E-state index is -2.28. The topological polar surface area (TPSA) is 18.5 Å². The SMILES string of the molecule is CC1(C)OB(C2=CC=CCC2C2(C(F)F)CC2)OC1(C)C. The van der Waals surface area contributed by atoms with Crippen molar-refractivity contribution in [3.63, 3.8) is 0 Å². The van der Waals surface area contributed by atoms with Gasteiger partial charge in [0.2, 0.25) is 6.43 Å². The minimum absolute atomic E-state index is 0.169. The van der Waals surface area contributed by atoms with Gasteiger partial charge in [0.1, 0.15) is 0 Å². The Kier molecular flexibility index (Phi) is 3.38. The lowest BCUT2D eigenvalue weighted by Crippen LogP contribution is -2.41. The monoisotopic (exact) mass is 296 g/mol. The van der Waals surface area contributed by atoms with Crippen molar-refractivity contribution in [1.82, 2.24) is 0 Å². The van der Waals surface area contributed by atoms with Gasteiger partial charge in [0.15, 0.2) is 0 Å². The highest BCUT2D eigenvalue weighted by Crippen LogP contribution is 2.61. The van der Waals surface area contributed by atoms with Crippen LogP contribution in [-0.2, 0) is 9.31 Å². The van der Waals surface area contributed by atoms with Crippen LogP contribution in [0.3, 0.4) is 0 Å². The summed E-state index contributed by atoms with van der Waals surface area (Å²) >= 11 is 0. The number of hydrogen-bond acceptors (Lipinski definition) is 2. The van der Waals surface area contributed by atoms with Crippen LogP contribution in [0.4, 0.5) is 8.78 Å². The highest BCUT2D eigenvalue weighted by Gasteiger charge is 2.61. The quantitative estimate of drug-likeness (QED) is 0.728. The first kappa shape index (κ1) is 15.2. The molecule has 3 aliphatic rings. The lowest BCUT2D eigenvalue weighted by Gasteiger charge is -2.32. The Balaban J connectivity index is 1.87. The molecule has 0 radical (unpaired) electrons. The maximum absolute atomic E-state index is 13.5. The van der Waals surface area contributed by atoms with Crippen molar-refractivity contribution in [1.29, 1.82) is 0 Å². The third-order valence-electron chi connectivity index (χ3n) is 5.68. The predicted molar refractivity (Wildman–Crippen MR) is 79.1 cm³/mol. The van der Waals surface area contributed by atoms with E-state index in [2.05, 4.69) is 0 Å². The molecule has 1 unspecified atom stereocenters. The molecule has 21 heavy (non-hydrogen) atoms. The average Bonchev–Trinajstić information content (AvgIpc) is 3.14. The van der Waals surface area contributed by atoms with E-state index in [1.807, 2.05) is 45.9 Å². The first-order valence-corrected chi connectivity index (χ1v) is 7.70. The van der Waals surface area contributed by atoms with E-state index in [4.69, 9.17) is 9.31 Å². The Morgan fingerprint density at radius 2 is 1.71 bits per heavy atom. The number of alkyl halides is 2. The fraction of sp³-hybridized carbons (Fsp3) is 0.750. The summed E-state index contributed by atoms with van der Waals surface area (Å²) in [4.78, 5) is 0. The van der Waals surface area contributed by atoms with Crippen molar-refractivity contribution in [2.45, 2.75) is 64.6 Å². The maximum atomic E-state index is 13.5. The molecule has 1 atom stereocenters. The molecule has 0 aromatic heterocycles. The molecule has 116 valence electrons. The standard InChI is InChI=1S/C16H23BF2O2/c1-14(2)15(3,4)21-17(20-14)12-8-6-5-7-11(12)16(9-10-16)13(18)19/h5-6,8,11,13H,7,9-10H2,1-4H3. The van der Waals surface area contributed by atoms with E-state index in [1.54, 1.807) is 0 Å². The Labute approximate surface area is 125 Å². The summed E-state index contributed by atoms with van der Waals surface area (Å²) in [5, 5.41) is 0. The van der Waals surface area contributed by atoms with Crippen LogP contribution in [-0.4, -0.2) is 24.7 Å². The summed E-state index contributed by atoms with van der Waals surface area (Å²) < 4.78 is 39.1. The molecule has 1 saturated carbocycles.